The zero-order chi connectivity index (χ0) is 32.2. The molecule has 1 aromatic heterocycles. The number of allylic oxidation sites excluding steroid dienone is 1. The van der Waals surface area contributed by atoms with Crippen LogP contribution in [0.2, 0.25) is 0 Å². The van der Waals surface area contributed by atoms with Crippen molar-refractivity contribution in [3.8, 4) is 17.2 Å². The molecule has 5 aromatic rings. The number of hydrogen-bond donors (Lipinski definition) is 1. The SMILES string of the molecule is COc1ccc(C2C(C(=O)Nc3ccccc3)=C(C)N=c3s/c(=C/c4ccc(OCc5ccccc5F)c(OC)c4)c(=O)n32)cc1. The van der Waals surface area contributed by atoms with Crippen molar-refractivity contribution in [1.82, 2.24) is 4.57 Å². The minimum atomic E-state index is -0.725. The number of carbonyl (C=O) groups is 1. The normalized spacial score (nSPS) is 14.3. The molecule has 0 fully saturated rings. The van der Waals surface area contributed by atoms with Gasteiger partial charge in [-0.1, -0.05) is 65.9 Å². The van der Waals surface area contributed by atoms with Crippen molar-refractivity contribution in [3.63, 3.8) is 0 Å². The molecule has 232 valence electrons. The summed E-state index contributed by atoms with van der Waals surface area (Å²) in [4.78, 5) is 33.0. The number of nitrogens with zero attached hydrogens (tertiary/aromatic N) is 2. The second-order valence-corrected chi connectivity index (χ2v) is 11.5. The second-order valence-electron chi connectivity index (χ2n) is 10.5. The van der Waals surface area contributed by atoms with E-state index in [1.807, 2.05) is 30.3 Å². The lowest BCUT2D eigenvalue weighted by Crippen LogP contribution is -2.40. The number of halogens is 1. The fourth-order valence-electron chi connectivity index (χ4n) is 5.25. The Balaban J connectivity index is 1.38. The first kappa shape index (κ1) is 30.5. The van der Waals surface area contributed by atoms with E-state index in [1.54, 1.807) is 85.3 Å². The van der Waals surface area contributed by atoms with Gasteiger partial charge < -0.3 is 19.5 Å². The Morgan fingerprint density at radius 3 is 2.41 bits per heavy atom. The van der Waals surface area contributed by atoms with Crippen molar-refractivity contribution >= 4 is 29.0 Å². The third-order valence-corrected chi connectivity index (χ3v) is 8.54. The number of aromatic nitrogens is 1. The van der Waals surface area contributed by atoms with Crippen LogP contribution in [0.1, 0.15) is 29.7 Å². The van der Waals surface area contributed by atoms with E-state index >= 15 is 0 Å². The van der Waals surface area contributed by atoms with Gasteiger partial charge in [-0.3, -0.25) is 14.2 Å². The molecular formula is C36H30FN3O5S. The fraction of sp³-hybridized carbons (Fsp3) is 0.139. The lowest BCUT2D eigenvalue weighted by molar-refractivity contribution is -0.113. The molecule has 1 N–H and O–H groups in total. The molecular weight excluding hydrogens is 605 g/mol. The Hall–Kier alpha value is -5.48. The first-order valence-electron chi connectivity index (χ1n) is 14.4. The number of para-hydroxylation sites is 1. The number of carbonyl (C=O) groups excluding carboxylic acids is 1. The Bertz CT molecular complexity index is 2120. The summed E-state index contributed by atoms with van der Waals surface area (Å²) in [6.45, 7) is 1.81. The number of hydrogen-bond acceptors (Lipinski definition) is 7. The number of benzene rings is 4. The topological polar surface area (TPSA) is 91.2 Å². The summed E-state index contributed by atoms with van der Waals surface area (Å²) in [7, 11) is 3.10. The van der Waals surface area contributed by atoms with E-state index in [2.05, 4.69) is 5.32 Å². The van der Waals surface area contributed by atoms with Crippen molar-refractivity contribution in [1.29, 1.82) is 0 Å². The third-order valence-electron chi connectivity index (χ3n) is 7.56. The minimum absolute atomic E-state index is 0.0336. The van der Waals surface area contributed by atoms with Gasteiger partial charge in [-0.15, -0.1) is 0 Å². The van der Waals surface area contributed by atoms with Crippen LogP contribution in [0.15, 0.2) is 118 Å². The van der Waals surface area contributed by atoms with E-state index in [9.17, 15) is 14.0 Å². The molecule has 1 aliphatic rings. The van der Waals surface area contributed by atoms with Gasteiger partial charge in [0.1, 0.15) is 18.2 Å². The first-order valence-corrected chi connectivity index (χ1v) is 15.2. The van der Waals surface area contributed by atoms with Gasteiger partial charge in [-0.05, 0) is 66.6 Å². The molecule has 0 spiro atoms. The summed E-state index contributed by atoms with van der Waals surface area (Å²) >= 11 is 1.24. The van der Waals surface area contributed by atoms with E-state index in [0.29, 0.717) is 54.7 Å². The predicted molar refractivity (Wildman–Crippen MR) is 176 cm³/mol. The number of nitrogens with one attached hydrogen (secondary N) is 1. The van der Waals surface area contributed by atoms with Gasteiger partial charge in [0.2, 0.25) is 0 Å². The number of fused-ring (bicyclic) bond motifs is 1. The van der Waals surface area contributed by atoms with Crippen LogP contribution in [0.5, 0.6) is 17.2 Å². The summed E-state index contributed by atoms with van der Waals surface area (Å²) in [6, 6.07) is 27.4. The van der Waals surface area contributed by atoms with Crippen molar-refractivity contribution in [2.75, 3.05) is 19.5 Å². The Labute approximate surface area is 268 Å². The molecule has 8 nitrogen and oxygen atoms in total. The number of rotatable bonds is 9. The number of amides is 1. The van der Waals surface area contributed by atoms with Crippen LogP contribution in [0.3, 0.4) is 0 Å². The fourth-order valence-corrected chi connectivity index (χ4v) is 6.30. The van der Waals surface area contributed by atoms with Gasteiger partial charge in [-0.25, -0.2) is 9.38 Å². The molecule has 0 saturated heterocycles. The highest BCUT2D eigenvalue weighted by Gasteiger charge is 2.32. The van der Waals surface area contributed by atoms with E-state index in [-0.39, 0.29) is 23.9 Å². The third kappa shape index (κ3) is 6.20. The van der Waals surface area contributed by atoms with Crippen LogP contribution >= 0.6 is 11.3 Å². The number of methoxy groups -OCH3 is 2. The van der Waals surface area contributed by atoms with Crippen LogP contribution < -0.4 is 34.4 Å². The molecule has 0 aliphatic carbocycles. The van der Waals surface area contributed by atoms with Gasteiger partial charge in [0.15, 0.2) is 16.3 Å². The van der Waals surface area contributed by atoms with Crippen molar-refractivity contribution in [3.05, 3.63) is 151 Å². The van der Waals surface area contributed by atoms with E-state index < -0.39 is 6.04 Å². The van der Waals surface area contributed by atoms with Crippen LogP contribution in [-0.4, -0.2) is 24.7 Å². The molecule has 1 atom stereocenters. The zero-order valence-corrected chi connectivity index (χ0v) is 26.1. The van der Waals surface area contributed by atoms with Crippen LogP contribution in [0, 0.1) is 5.82 Å². The average molecular weight is 636 g/mol. The molecule has 1 aliphatic heterocycles. The summed E-state index contributed by atoms with van der Waals surface area (Å²) in [5.74, 6) is 0.830. The predicted octanol–water partition coefficient (Wildman–Crippen LogP) is 5.61. The highest BCUT2D eigenvalue weighted by atomic mass is 32.1. The van der Waals surface area contributed by atoms with Crippen LogP contribution in [0.25, 0.3) is 6.08 Å². The Morgan fingerprint density at radius 1 is 0.957 bits per heavy atom. The van der Waals surface area contributed by atoms with Gasteiger partial charge in [-0.2, -0.15) is 0 Å². The Kier molecular flexibility index (Phi) is 8.80. The minimum Gasteiger partial charge on any atom is -0.497 e. The summed E-state index contributed by atoms with van der Waals surface area (Å²) in [5.41, 5.74) is 3.08. The quantitative estimate of drug-likeness (QED) is 0.228. The van der Waals surface area contributed by atoms with Gasteiger partial charge in [0, 0.05) is 11.3 Å². The number of thiazole rings is 1. The molecule has 4 aromatic carbocycles. The molecule has 1 amide bonds. The standard InChI is InChI=1S/C36H30FN3O5S/c1-22-32(34(41)39-26-10-5-4-6-11-26)33(24-14-16-27(43-2)17-15-24)40-35(42)31(46-36(40)38-22)20-23-13-18-29(30(19-23)44-3)45-21-25-9-7-8-12-28(25)37/h4-20,33H,21H2,1-3H3,(H,39,41)/b31-20+. The lowest BCUT2D eigenvalue weighted by Gasteiger charge is -2.25. The lowest BCUT2D eigenvalue weighted by atomic mass is 9.95. The highest BCUT2D eigenvalue weighted by molar-refractivity contribution is 7.07. The zero-order valence-electron chi connectivity index (χ0n) is 25.3. The summed E-state index contributed by atoms with van der Waals surface area (Å²) < 4.78 is 32.8. The smallest absolute Gasteiger partial charge is 0.271 e. The molecule has 0 saturated carbocycles. The largest absolute Gasteiger partial charge is 0.497 e. The van der Waals surface area contributed by atoms with Gasteiger partial charge in [0.25, 0.3) is 11.5 Å². The second kappa shape index (κ2) is 13.3. The summed E-state index contributed by atoms with van der Waals surface area (Å²) in [6.07, 6.45) is 1.75. The molecule has 46 heavy (non-hydrogen) atoms. The maximum absolute atomic E-state index is 14.1. The first-order chi connectivity index (χ1) is 22.4. The van der Waals surface area contributed by atoms with Crippen molar-refractivity contribution in [2.45, 2.75) is 19.6 Å². The summed E-state index contributed by atoms with van der Waals surface area (Å²) in [5, 5.41) is 2.96. The van der Waals surface area contributed by atoms with E-state index in [0.717, 1.165) is 5.56 Å². The van der Waals surface area contributed by atoms with Crippen LogP contribution in [-0.2, 0) is 11.4 Å². The molecule has 0 bridgehead atoms. The monoisotopic (exact) mass is 635 g/mol. The van der Waals surface area contributed by atoms with Gasteiger partial charge in [0.05, 0.1) is 36.1 Å². The van der Waals surface area contributed by atoms with E-state index in [1.165, 1.54) is 24.5 Å². The maximum atomic E-state index is 14.1. The number of ether oxygens (including phenoxy) is 3. The van der Waals surface area contributed by atoms with Crippen molar-refractivity contribution in [2.24, 2.45) is 4.99 Å². The van der Waals surface area contributed by atoms with Crippen molar-refractivity contribution < 1.29 is 23.4 Å². The molecule has 10 heteroatoms. The molecule has 2 heterocycles. The molecule has 0 radical (unpaired) electrons. The van der Waals surface area contributed by atoms with E-state index in [4.69, 9.17) is 19.2 Å². The average Bonchev–Trinajstić information content (AvgIpc) is 3.38. The number of anilines is 1. The molecule has 6 rings (SSSR count). The van der Waals surface area contributed by atoms with Crippen LogP contribution in [0.4, 0.5) is 10.1 Å². The molecule has 1 unspecified atom stereocenters. The van der Waals surface area contributed by atoms with Gasteiger partial charge >= 0.3 is 0 Å². The Morgan fingerprint density at radius 2 is 1.70 bits per heavy atom. The maximum Gasteiger partial charge on any atom is 0.271 e. The highest BCUT2D eigenvalue weighted by Crippen LogP contribution is 2.32.